The van der Waals surface area contributed by atoms with E-state index in [0.29, 0.717) is 6.61 Å². The summed E-state index contributed by atoms with van der Waals surface area (Å²) < 4.78 is 6.67. The van der Waals surface area contributed by atoms with Gasteiger partial charge in [0.05, 0.1) is 14.9 Å². The van der Waals surface area contributed by atoms with Gasteiger partial charge in [-0.15, -0.1) is 22.9 Å². The molecule has 2 aromatic rings. The molecule has 2 rings (SSSR count). The van der Waals surface area contributed by atoms with Crippen molar-refractivity contribution in [3.63, 3.8) is 0 Å². The highest BCUT2D eigenvalue weighted by atomic mass is 127. The molecule has 1 aromatic carbocycles. The summed E-state index contributed by atoms with van der Waals surface area (Å²) in [6.45, 7) is 2.66. The Morgan fingerprint density at radius 2 is 2.00 bits per heavy atom. The molecule has 0 saturated heterocycles. The number of ether oxygens (including phenoxy) is 1. The van der Waals surface area contributed by atoms with Crippen molar-refractivity contribution in [2.45, 2.75) is 12.3 Å². The van der Waals surface area contributed by atoms with Gasteiger partial charge in [0.2, 0.25) is 0 Å². The molecule has 1 unspecified atom stereocenters. The Kier molecular flexibility index (Phi) is 4.70. The zero-order valence-electron chi connectivity index (χ0n) is 9.32. The van der Waals surface area contributed by atoms with E-state index in [1.165, 1.54) is 2.88 Å². The van der Waals surface area contributed by atoms with Crippen molar-refractivity contribution in [2.24, 2.45) is 0 Å². The maximum absolute atomic E-state index is 6.44. The summed E-state index contributed by atoms with van der Waals surface area (Å²) in [5.41, 5.74) is 2.26. The van der Waals surface area contributed by atoms with E-state index >= 15 is 0 Å². The molecule has 1 aromatic heterocycles. The Morgan fingerprint density at radius 1 is 1.29 bits per heavy atom. The van der Waals surface area contributed by atoms with Crippen molar-refractivity contribution >= 4 is 45.5 Å². The van der Waals surface area contributed by atoms with Gasteiger partial charge >= 0.3 is 0 Å². The molecule has 0 aliphatic carbocycles. The van der Waals surface area contributed by atoms with Crippen LogP contribution >= 0.6 is 45.5 Å². The van der Waals surface area contributed by atoms with Crippen LogP contribution in [-0.2, 0) is 0 Å². The number of rotatable bonds is 4. The summed E-state index contributed by atoms with van der Waals surface area (Å²) >= 11 is 10.5. The summed E-state index contributed by atoms with van der Waals surface area (Å²) in [5, 5.41) is 2.03. The molecule has 0 saturated carbocycles. The van der Waals surface area contributed by atoms with Gasteiger partial charge in [0, 0.05) is 0 Å². The molecule has 0 radical (unpaired) electrons. The van der Waals surface area contributed by atoms with Gasteiger partial charge in [-0.25, -0.2) is 0 Å². The van der Waals surface area contributed by atoms with E-state index < -0.39 is 0 Å². The lowest BCUT2D eigenvalue weighted by Gasteiger charge is -2.09. The van der Waals surface area contributed by atoms with Crippen LogP contribution in [0.1, 0.15) is 23.4 Å². The second-order valence-corrected chi connectivity index (χ2v) is 6.79. The van der Waals surface area contributed by atoms with Crippen LogP contribution < -0.4 is 4.74 Å². The molecule has 1 heterocycles. The molecule has 0 fully saturated rings. The first-order valence-electron chi connectivity index (χ1n) is 5.31. The number of alkyl halides is 1. The van der Waals surface area contributed by atoms with Gasteiger partial charge in [0.25, 0.3) is 0 Å². The molecule has 0 bridgehead atoms. The Balaban J connectivity index is 2.16. The molecule has 1 nitrogen and oxygen atoms in total. The second-order valence-electron chi connectivity index (χ2n) is 3.55. The summed E-state index contributed by atoms with van der Waals surface area (Å²) in [5.74, 6) is 0.889. The second kappa shape index (κ2) is 6.07. The topological polar surface area (TPSA) is 9.23 Å². The summed E-state index contributed by atoms with van der Waals surface area (Å²) in [6.07, 6.45) is 0. The lowest BCUT2D eigenvalue weighted by molar-refractivity contribution is 0.340. The average Bonchev–Trinajstić information content (AvgIpc) is 2.76. The fourth-order valence-electron chi connectivity index (χ4n) is 1.55. The standard InChI is InChI=1S/C13H12ClIOS/c1-2-16-11-5-3-9(4-6-11)13(14)10-7-12(15)17-8-10/h3-8,13H,2H2,1H3. The fraction of sp³-hybridized carbons (Fsp3) is 0.231. The van der Waals surface area contributed by atoms with Crippen LogP contribution in [0.4, 0.5) is 0 Å². The molecule has 0 aliphatic heterocycles. The van der Waals surface area contributed by atoms with Crippen molar-refractivity contribution in [1.29, 1.82) is 0 Å². The van der Waals surface area contributed by atoms with Gasteiger partial charge < -0.3 is 4.74 Å². The van der Waals surface area contributed by atoms with E-state index in [9.17, 15) is 0 Å². The van der Waals surface area contributed by atoms with E-state index in [2.05, 4.69) is 34.0 Å². The summed E-state index contributed by atoms with van der Waals surface area (Å²) in [4.78, 5) is 0. The third-order valence-corrected chi connectivity index (χ3v) is 4.68. The van der Waals surface area contributed by atoms with Crippen LogP contribution in [0, 0.1) is 2.88 Å². The van der Waals surface area contributed by atoms with Crippen LogP contribution in [0.3, 0.4) is 0 Å². The van der Waals surface area contributed by atoms with Crippen molar-refractivity contribution in [1.82, 2.24) is 0 Å². The lowest BCUT2D eigenvalue weighted by Crippen LogP contribution is -1.94. The number of halogens is 2. The molecule has 90 valence electrons. The maximum Gasteiger partial charge on any atom is 0.119 e. The monoisotopic (exact) mass is 378 g/mol. The van der Waals surface area contributed by atoms with Crippen LogP contribution in [-0.4, -0.2) is 6.61 Å². The Labute approximate surface area is 124 Å². The first-order chi connectivity index (χ1) is 8.20. The van der Waals surface area contributed by atoms with Crippen molar-refractivity contribution in [2.75, 3.05) is 6.61 Å². The minimum atomic E-state index is -0.0783. The van der Waals surface area contributed by atoms with Gasteiger partial charge in [-0.3, -0.25) is 0 Å². The minimum Gasteiger partial charge on any atom is -0.494 e. The molecule has 17 heavy (non-hydrogen) atoms. The number of hydrogen-bond donors (Lipinski definition) is 0. The third kappa shape index (κ3) is 3.36. The SMILES string of the molecule is CCOc1ccc(C(Cl)c2csc(I)c2)cc1. The van der Waals surface area contributed by atoms with Crippen LogP contribution in [0.15, 0.2) is 35.7 Å². The van der Waals surface area contributed by atoms with Gasteiger partial charge in [-0.1, -0.05) is 12.1 Å². The van der Waals surface area contributed by atoms with E-state index in [0.717, 1.165) is 16.9 Å². The van der Waals surface area contributed by atoms with Crippen LogP contribution in [0.2, 0.25) is 0 Å². The van der Waals surface area contributed by atoms with Gasteiger partial charge in [-0.05, 0) is 64.2 Å². The van der Waals surface area contributed by atoms with Crippen molar-refractivity contribution in [3.05, 3.63) is 49.7 Å². The molecular weight excluding hydrogens is 367 g/mol. The predicted octanol–water partition coefficient (Wildman–Crippen LogP) is 5.08. The predicted molar refractivity (Wildman–Crippen MR) is 82.3 cm³/mol. The van der Waals surface area contributed by atoms with E-state index in [-0.39, 0.29) is 5.38 Å². The molecule has 0 amide bonds. The summed E-state index contributed by atoms with van der Waals surface area (Å²) in [6, 6.07) is 10.1. The Hall–Kier alpha value is -0.260. The first-order valence-corrected chi connectivity index (χ1v) is 7.71. The van der Waals surface area contributed by atoms with Crippen LogP contribution in [0.25, 0.3) is 0 Å². The molecular formula is C13H12ClIOS. The van der Waals surface area contributed by atoms with Crippen LogP contribution in [0.5, 0.6) is 5.75 Å². The number of benzene rings is 1. The van der Waals surface area contributed by atoms with E-state index in [4.69, 9.17) is 16.3 Å². The molecule has 0 aliphatic rings. The Bertz CT molecular complexity index is 480. The minimum absolute atomic E-state index is 0.0783. The zero-order chi connectivity index (χ0) is 12.3. The third-order valence-electron chi connectivity index (χ3n) is 2.36. The Morgan fingerprint density at radius 3 is 2.53 bits per heavy atom. The van der Waals surface area contributed by atoms with Gasteiger partial charge in [-0.2, -0.15) is 0 Å². The highest BCUT2D eigenvalue weighted by Gasteiger charge is 2.12. The molecule has 4 heteroatoms. The number of hydrogen-bond acceptors (Lipinski definition) is 2. The zero-order valence-corrected chi connectivity index (χ0v) is 13.1. The summed E-state index contributed by atoms with van der Waals surface area (Å²) in [7, 11) is 0. The highest BCUT2D eigenvalue weighted by molar-refractivity contribution is 14.1. The largest absolute Gasteiger partial charge is 0.494 e. The molecule has 1 atom stereocenters. The number of thiophene rings is 1. The maximum atomic E-state index is 6.44. The van der Waals surface area contributed by atoms with E-state index in [1.807, 2.05) is 31.2 Å². The van der Waals surface area contributed by atoms with Crippen molar-refractivity contribution < 1.29 is 4.74 Å². The van der Waals surface area contributed by atoms with Gasteiger partial charge in [0.1, 0.15) is 5.75 Å². The fourth-order valence-corrected chi connectivity index (χ4v) is 3.29. The molecule has 0 spiro atoms. The highest BCUT2D eigenvalue weighted by Crippen LogP contribution is 2.33. The normalized spacial score (nSPS) is 12.4. The van der Waals surface area contributed by atoms with E-state index in [1.54, 1.807) is 11.3 Å². The van der Waals surface area contributed by atoms with Gasteiger partial charge in [0.15, 0.2) is 0 Å². The molecule has 0 N–H and O–H groups in total. The average molecular weight is 379 g/mol. The quantitative estimate of drug-likeness (QED) is 0.532. The smallest absolute Gasteiger partial charge is 0.119 e. The first kappa shape index (κ1) is 13.2. The lowest BCUT2D eigenvalue weighted by atomic mass is 10.1. The van der Waals surface area contributed by atoms with Crippen molar-refractivity contribution in [3.8, 4) is 5.75 Å².